The van der Waals surface area contributed by atoms with E-state index in [0.29, 0.717) is 19.8 Å². The van der Waals surface area contributed by atoms with Crippen LogP contribution in [0, 0.1) is 5.41 Å². The van der Waals surface area contributed by atoms with Gasteiger partial charge in [-0.25, -0.2) is 0 Å². The van der Waals surface area contributed by atoms with E-state index in [2.05, 4.69) is 4.98 Å². The van der Waals surface area contributed by atoms with Gasteiger partial charge in [0, 0.05) is 30.4 Å². The van der Waals surface area contributed by atoms with E-state index < -0.39 is 0 Å². The van der Waals surface area contributed by atoms with E-state index in [1.54, 1.807) is 12.4 Å². The first-order chi connectivity index (χ1) is 6.78. The summed E-state index contributed by atoms with van der Waals surface area (Å²) in [4.78, 5) is 3.96. The van der Waals surface area contributed by atoms with Gasteiger partial charge in [-0.05, 0) is 17.7 Å². The summed E-state index contributed by atoms with van der Waals surface area (Å²) in [5, 5.41) is 0. The third kappa shape index (κ3) is 1.41. The first-order valence-electron chi connectivity index (χ1n) is 4.72. The summed E-state index contributed by atoms with van der Waals surface area (Å²) >= 11 is 0. The fourth-order valence-electron chi connectivity index (χ4n) is 1.71. The van der Waals surface area contributed by atoms with Crippen LogP contribution in [0.2, 0.25) is 0 Å². The van der Waals surface area contributed by atoms with Gasteiger partial charge < -0.3 is 16.2 Å². The number of nitrogens with zero attached hydrogens (tertiary/aromatic N) is 1. The first-order valence-corrected chi connectivity index (χ1v) is 4.72. The summed E-state index contributed by atoms with van der Waals surface area (Å²) in [6.45, 7) is 1.89. The highest BCUT2D eigenvalue weighted by molar-refractivity contribution is 5.19. The molecule has 1 aromatic rings. The minimum Gasteiger partial charge on any atom is -0.380 e. The molecule has 4 heteroatoms. The van der Waals surface area contributed by atoms with Crippen molar-refractivity contribution < 1.29 is 4.74 Å². The van der Waals surface area contributed by atoms with Crippen LogP contribution in [0.4, 0.5) is 0 Å². The van der Waals surface area contributed by atoms with E-state index in [1.807, 2.05) is 12.1 Å². The maximum Gasteiger partial charge on any atom is 0.0575 e. The van der Waals surface area contributed by atoms with Gasteiger partial charge >= 0.3 is 0 Å². The molecule has 76 valence electrons. The van der Waals surface area contributed by atoms with Crippen LogP contribution in [0.3, 0.4) is 0 Å². The first kappa shape index (κ1) is 9.58. The quantitative estimate of drug-likeness (QED) is 0.711. The predicted octanol–water partition coefficient (Wildman–Crippen LogP) is 0.0567. The van der Waals surface area contributed by atoms with Crippen molar-refractivity contribution in [2.75, 3.05) is 19.8 Å². The van der Waals surface area contributed by atoms with Gasteiger partial charge in [0.1, 0.15) is 0 Å². The van der Waals surface area contributed by atoms with Gasteiger partial charge in [0.2, 0.25) is 0 Å². The number of aromatic nitrogens is 1. The second kappa shape index (κ2) is 3.65. The lowest BCUT2D eigenvalue weighted by Gasteiger charge is -2.45. The number of hydrogen-bond acceptors (Lipinski definition) is 4. The highest BCUT2D eigenvalue weighted by Crippen LogP contribution is 2.37. The highest BCUT2D eigenvalue weighted by atomic mass is 16.5. The number of pyridine rings is 1. The fraction of sp³-hybridized carbons (Fsp3) is 0.500. The molecule has 0 radical (unpaired) electrons. The lowest BCUT2D eigenvalue weighted by atomic mass is 9.76. The van der Waals surface area contributed by atoms with Gasteiger partial charge in [-0.3, -0.25) is 4.98 Å². The van der Waals surface area contributed by atoms with E-state index >= 15 is 0 Å². The van der Waals surface area contributed by atoms with Gasteiger partial charge in [-0.15, -0.1) is 0 Å². The molecule has 4 nitrogen and oxygen atoms in total. The van der Waals surface area contributed by atoms with Gasteiger partial charge in [0.15, 0.2) is 0 Å². The van der Waals surface area contributed by atoms with Gasteiger partial charge in [0.05, 0.1) is 13.2 Å². The van der Waals surface area contributed by atoms with Crippen LogP contribution in [-0.4, -0.2) is 24.7 Å². The monoisotopic (exact) mass is 193 g/mol. The summed E-state index contributed by atoms with van der Waals surface area (Å²) in [5.41, 5.74) is 12.9. The average Bonchev–Trinajstić information content (AvgIpc) is 2.18. The normalized spacial score (nSPS) is 21.3. The molecular weight excluding hydrogens is 178 g/mol. The van der Waals surface area contributed by atoms with Crippen molar-refractivity contribution in [3.8, 4) is 0 Å². The molecule has 0 aromatic carbocycles. The lowest BCUT2D eigenvalue weighted by molar-refractivity contribution is -0.121. The SMILES string of the molecule is NCC1(C(N)c2ccncc2)COC1. The number of ether oxygens (including phenoxy) is 1. The van der Waals surface area contributed by atoms with E-state index in [0.717, 1.165) is 5.56 Å². The molecule has 1 atom stereocenters. The van der Waals surface area contributed by atoms with Crippen LogP contribution in [0.15, 0.2) is 24.5 Å². The van der Waals surface area contributed by atoms with Crippen LogP contribution < -0.4 is 11.5 Å². The fourth-order valence-corrected chi connectivity index (χ4v) is 1.71. The Kier molecular flexibility index (Phi) is 2.50. The molecule has 1 aromatic heterocycles. The second-order valence-electron chi connectivity index (χ2n) is 3.82. The number of rotatable bonds is 3. The Labute approximate surface area is 83.3 Å². The van der Waals surface area contributed by atoms with Crippen LogP contribution in [0.5, 0.6) is 0 Å². The Hall–Kier alpha value is -0.970. The minimum atomic E-state index is -0.0681. The summed E-state index contributed by atoms with van der Waals surface area (Å²) in [6.07, 6.45) is 3.50. The second-order valence-corrected chi connectivity index (χ2v) is 3.82. The Morgan fingerprint density at radius 1 is 1.43 bits per heavy atom. The topological polar surface area (TPSA) is 74.2 Å². The summed E-state index contributed by atoms with van der Waals surface area (Å²) in [5.74, 6) is 0. The van der Waals surface area contributed by atoms with Crippen molar-refractivity contribution in [1.29, 1.82) is 0 Å². The molecule has 1 fully saturated rings. The highest BCUT2D eigenvalue weighted by Gasteiger charge is 2.43. The molecule has 1 aliphatic rings. The van der Waals surface area contributed by atoms with Crippen LogP contribution >= 0.6 is 0 Å². The predicted molar refractivity (Wildman–Crippen MR) is 53.5 cm³/mol. The molecule has 2 rings (SSSR count). The van der Waals surface area contributed by atoms with Crippen molar-refractivity contribution in [2.24, 2.45) is 16.9 Å². The van der Waals surface area contributed by atoms with E-state index in [1.165, 1.54) is 0 Å². The molecule has 2 heterocycles. The van der Waals surface area contributed by atoms with E-state index in [4.69, 9.17) is 16.2 Å². The number of hydrogen-bond donors (Lipinski definition) is 2. The Morgan fingerprint density at radius 2 is 2.07 bits per heavy atom. The van der Waals surface area contributed by atoms with Gasteiger partial charge in [-0.2, -0.15) is 0 Å². The van der Waals surface area contributed by atoms with E-state index in [9.17, 15) is 0 Å². The summed E-state index contributed by atoms with van der Waals surface area (Å²) < 4.78 is 5.20. The molecule has 0 saturated carbocycles. The standard InChI is InChI=1S/C10H15N3O/c11-5-10(6-14-7-10)9(12)8-1-3-13-4-2-8/h1-4,9H,5-7,11-12H2. The molecule has 14 heavy (non-hydrogen) atoms. The van der Waals surface area contributed by atoms with Crippen molar-refractivity contribution in [1.82, 2.24) is 4.98 Å². The van der Waals surface area contributed by atoms with Gasteiger partial charge in [0.25, 0.3) is 0 Å². The van der Waals surface area contributed by atoms with Crippen LogP contribution in [0.25, 0.3) is 0 Å². The third-order valence-corrected chi connectivity index (χ3v) is 2.91. The molecule has 0 spiro atoms. The van der Waals surface area contributed by atoms with Gasteiger partial charge in [-0.1, -0.05) is 0 Å². The van der Waals surface area contributed by atoms with Crippen LogP contribution in [0.1, 0.15) is 11.6 Å². The molecule has 0 bridgehead atoms. The minimum absolute atomic E-state index is 0.0516. The van der Waals surface area contributed by atoms with Crippen molar-refractivity contribution in [2.45, 2.75) is 6.04 Å². The van der Waals surface area contributed by atoms with Crippen molar-refractivity contribution in [3.05, 3.63) is 30.1 Å². The Bertz CT molecular complexity index is 292. The third-order valence-electron chi connectivity index (χ3n) is 2.91. The molecular formula is C10H15N3O. The Balaban J connectivity index is 2.19. The molecule has 1 aliphatic heterocycles. The summed E-state index contributed by atoms with van der Waals surface area (Å²) in [7, 11) is 0. The lowest BCUT2D eigenvalue weighted by Crippen LogP contribution is -2.54. The zero-order valence-corrected chi connectivity index (χ0v) is 8.02. The largest absolute Gasteiger partial charge is 0.380 e. The Morgan fingerprint density at radius 3 is 2.50 bits per heavy atom. The zero-order valence-electron chi connectivity index (χ0n) is 8.02. The number of nitrogens with two attached hydrogens (primary N) is 2. The molecule has 4 N–H and O–H groups in total. The average molecular weight is 193 g/mol. The van der Waals surface area contributed by atoms with Crippen molar-refractivity contribution >= 4 is 0 Å². The van der Waals surface area contributed by atoms with Crippen molar-refractivity contribution in [3.63, 3.8) is 0 Å². The molecule has 0 amide bonds. The maximum atomic E-state index is 6.16. The molecule has 0 aliphatic carbocycles. The molecule has 1 saturated heterocycles. The summed E-state index contributed by atoms with van der Waals surface area (Å²) in [6, 6.07) is 3.81. The maximum absolute atomic E-state index is 6.16. The zero-order chi connectivity index (χ0) is 10.0. The molecule has 1 unspecified atom stereocenters. The van der Waals surface area contributed by atoms with E-state index in [-0.39, 0.29) is 11.5 Å². The smallest absolute Gasteiger partial charge is 0.0575 e. The van der Waals surface area contributed by atoms with Crippen LogP contribution in [-0.2, 0) is 4.74 Å².